The summed E-state index contributed by atoms with van der Waals surface area (Å²) in [6.07, 6.45) is 1.30. The third-order valence-electron chi connectivity index (χ3n) is 4.36. The van der Waals surface area contributed by atoms with E-state index in [1.54, 1.807) is 53.5 Å². The first kappa shape index (κ1) is 16.6. The number of nitrogens with two attached hydrogens (primary N) is 1. The molecule has 1 unspecified atom stereocenters. The zero-order chi connectivity index (χ0) is 17.0. The van der Waals surface area contributed by atoms with Crippen LogP contribution in [0, 0.1) is 0 Å². The van der Waals surface area contributed by atoms with Gasteiger partial charge in [0, 0.05) is 6.54 Å². The van der Waals surface area contributed by atoms with Crippen LogP contribution in [0.25, 0.3) is 0 Å². The average Bonchev–Trinajstić information content (AvgIpc) is 2.62. The van der Waals surface area contributed by atoms with Gasteiger partial charge in [-0.1, -0.05) is 60.7 Å². The summed E-state index contributed by atoms with van der Waals surface area (Å²) in [5, 5.41) is 12.9. The van der Waals surface area contributed by atoms with Gasteiger partial charge in [-0.25, -0.2) is 9.80 Å². The summed E-state index contributed by atoms with van der Waals surface area (Å²) in [5.74, 6) is 5.15. The Morgan fingerprint density at radius 2 is 1.62 bits per heavy atom. The molecule has 0 saturated carbocycles. The third-order valence-corrected chi connectivity index (χ3v) is 4.36. The molecular weight excluding hydrogens is 304 g/mol. The maximum Gasteiger partial charge on any atom is 0.348 e. The lowest BCUT2D eigenvalue weighted by molar-refractivity contribution is -0.170. The number of piperidine rings is 1. The number of hydrogen-bond donors (Lipinski definition) is 2. The summed E-state index contributed by atoms with van der Waals surface area (Å²) in [6.45, 7) is 1.26. The van der Waals surface area contributed by atoms with E-state index in [-0.39, 0.29) is 6.10 Å². The van der Waals surface area contributed by atoms with Gasteiger partial charge >= 0.3 is 5.97 Å². The third kappa shape index (κ3) is 3.33. The number of carbonyl (C=O) groups excluding carboxylic acids is 1. The standard InChI is InChI=1S/C19H22N2O3/c20-21-13-7-12-17(14-21)24-18(22)19(23,15-8-3-1-4-9-15)16-10-5-2-6-11-16/h1-6,8-11,17,23H,7,12-14,20H2. The highest BCUT2D eigenvalue weighted by Crippen LogP contribution is 2.32. The molecule has 5 heteroatoms. The van der Waals surface area contributed by atoms with E-state index >= 15 is 0 Å². The van der Waals surface area contributed by atoms with Crippen molar-refractivity contribution in [2.45, 2.75) is 24.5 Å². The number of benzene rings is 2. The predicted octanol–water partition coefficient (Wildman–Crippen LogP) is 1.80. The van der Waals surface area contributed by atoms with Crippen molar-refractivity contribution >= 4 is 5.97 Å². The summed E-state index contributed by atoms with van der Waals surface area (Å²) in [5.41, 5.74) is -0.859. The minimum Gasteiger partial charge on any atom is -0.458 e. The number of esters is 1. The lowest BCUT2D eigenvalue weighted by Gasteiger charge is -2.33. The molecular formula is C19H22N2O3. The monoisotopic (exact) mass is 326 g/mol. The minimum atomic E-state index is -1.83. The van der Waals surface area contributed by atoms with E-state index in [2.05, 4.69) is 0 Å². The molecule has 0 spiro atoms. The van der Waals surface area contributed by atoms with Crippen molar-refractivity contribution in [2.75, 3.05) is 13.1 Å². The Morgan fingerprint density at radius 1 is 1.08 bits per heavy atom. The van der Waals surface area contributed by atoms with Gasteiger partial charge in [-0.15, -0.1) is 0 Å². The highest BCUT2D eigenvalue weighted by atomic mass is 16.6. The Bertz CT molecular complexity index is 636. The van der Waals surface area contributed by atoms with E-state index in [0.29, 0.717) is 17.7 Å². The summed E-state index contributed by atoms with van der Waals surface area (Å²) < 4.78 is 5.63. The van der Waals surface area contributed by atoms with Crippen molar-refractivity contribution < 1.29 is 14.6 Å². The number of carbonyl (C=O) groups is 1. The molecule has 3 rings (SSSR count). The molecule has 1 fully saturated rings. The van der Waals surface area contributed by atoms with Crippen molar-refractivity contribution in [1.82, 2.24) is 5.01 Å². The van der Waals surface area contributed by atoms with Crippen LogP contribution in [0.4, 0.5) is 0 Å². The van der Waals surface area contributed by atoms with Gasteiger partial charge in [0.2, 0.25) is 5.60 Å². The van der Waals surface area contributed by atoms with Crippen LogP contribution in [0.3, 0.4) is 0 Å². The van der Waals surface area contributed by atoms with Gasteiger partial charge in [-0.2, -0.15) is 0 Å². The largest absolute Gasteiger partial charge is 0.458 e. The molecule has 2 aromatic carbocycles. The second kappa shape index (κ2) is 7.13. The van der Waals surface area contributed by atoms with Crippen LogP contribution in [0.1, 0.15) is 24.0 Å². The molecule has 1 aliphatic rings. The van der Waals surface area contributed by atoms with Crippen LogP contribution in [0.15, 0.2) is 60.7 Å². The Kier molecular flexibility index (Phi) is 4.94. The van der Waals surface area contributed by atoms with Gasteiger partial charge in [0.1, 0.15) is 6.10 Å². The predicted molar refractivity (Wildman–Crippen MR) is 90.8 cm³/mol. The van der Waals surface area contributed by atoms with E-state index < -0.39 is 11.6 Å². The normalized spacial score (nSPS) is 19.0. The van der Waals surface area contributed by atoms with Crippen LogP contribution in [-0.2, 0) is 15.1 Å². The molecule has 1 atom stereocenters. The maximum atomic E-state index is 12.9. The Labute approximate surface area is 141 Å². The first-order valence-electron chi connectivity index (χ1n) is 8.15. The minimum absolute atomic E-state index is 0.310. The van der Waals surface area contributed by atoms with Gasteiger partial charge in [-0.05, 0) is 24.0 Å². The topological polar surface area (TPSA) is 75.8 Å². The first-order chi connectivity index (χ1) is 11.6. The first-order valence-corrected chi connectivity index (χ1v) is 8.15. The van der Waals surface area contributed by atoms with E-state index in [1.165, 1.54) is 0 Å². The fourth-order valence-electron chi connectivity index (χ4n) is 3.06. The second-order valence-corrected chi connectivity index (χ2v) is 6.11. The molecule has 3 N–H and O–H groups in total. The molecule has 126 valence electrons. The molecule has 1 aliphatic heterocycles. The Morgan fingerprint density at radius 3 is 2.12 bits per heavy atom. The van der Waals surface area contributed by atoms with E-state index in [9.17, 15) is 9.90 Å². The smallest absolute Gasteiger partial charge is 0.348 e. The molecule has 1 saturated heterocycles. The number of ether oxygens (including phenoxy) is 1. The number of hydrazine groups is 1. The molecule has 1 heterocycles. The zero-order valence-corrected chi connectivity index (χ0v) is 13.5. The molecule has 5 nitrogen and oxygen atoms in total. The zero-order valence-electron chi connectivity index (χ0n) is 13.5. The van der Waals surface area contributed by atoms with Crippen LogP contribution >= 0.6 is 0 Å². The summed E-state index contributed by atoms with van der Waals surface area (Å²) in [6, 6.07) is 17.7. The van der Waals surface area contributed by atoms with Gasteiger partial charge in [-0.3, -0.25) is 5.84 Å². The van der Waals surface area contributed by atoms with E-state index in [1.807, 2.05) is 12.1 Å². The van der Waals surface area contributed by atoms with Gasteiger partial charge in [0.25, 0.3) is 0 Å². The summed E-state index contributed by atoms with van der Waals surface area (Å²) in [7, 11) is 0. The molecule has 2 aromatic rings. The second-order valence-electron chi connectivity index (χ2n) is 6.11. The Balaban J connectivity index is 1.91. The highest BCUT2D eigenvalue weighted by molar-refractivity contribution is 5.85. The fourth-order valence-corrected chi connectivity index (χ4v) is 3.06. The van der Waals surface area contributed by atoms with Crippen molar-refractivity contribution in [1.29, 1.82) is 0 Å². The average molecular weight is 326 g/mol. The number of aliphatic hydroxyl groups is 1. The number of rotatable bonds is 4. The van der Waals surface area contributed by atoms with Crippen molar-refractivity contribution in [3.8, 4) is 0 Å². The molecule has 24 heavy (non-hydrogen) atoms. The van der Waals surface area contributed by atoms with Crippen molar-refractivity contribution in [3.05, 3.63) is 71.8 Å². The van der Waals surface area contributed by atoms with Crippen LogP contribution in [-0.4, -0.2) is 35.3 Å². The van der Waals surface area contributed by atoms with Crippen LogP contribution < -0.4 is 5.84 Å². The quantitative estimate of drug-likeness (QED) is 0.662. The number of nitrogens with zero attached hydrogens (tertiary/aromatic N) is 1. The molecule has 0 radical (unpaired) electrons. The number of hydrogen-bond acceptors (Lipinski definition) is 5. The van der Waals surface area contributed by atoms with Crippen LogP contribution in [0.5, 0.6) is 0 Å². The molecule has 0 aliphatic carbocycles. The van der Waals surface area contributed by atoms with Gasteiger partial charge in [0.05, 0.1) is 6.54 Å². The lowest BCUT2D eigenvalue weighted by Crippen LogP contribution is -2.47. The summed E-state index contributed by atoms with van der Waals surface area (Å²) >= 11 is 0. The van der Waals surface area contributed by atoms with Crippen LogP contribution in [0.2, 0.25) is 0 Å². The van der Waals surface area contributed by atoms with Gasteiger partial charge in [0.15, 0.2) is 0 Å². The van der Waals surface area contributed by atoms with Crippen molar-refractivity contribution in [2.24, 2.45) is 5.84 Å². The Hall–Kier alpha value is -2.21. The van der Waals surface area contributed by atoms with E-state index in [0.717, 1.165) is 19.4 Å². The van der Waals surface area contributed by atoms with Gasteiger partial charge < -0.3 is 9.84 Å². The van der Waals surface area contributed by atoms with E-state index in [4.69, 9.17) is 10.6 Å². The molecule has 0 bridgehead atoms. The maximum absolute atomic E-state index is 12.9. The highest BCUT2D eigenvalue weighted by Gasteiger charge is 2.42. The SMILES string of the molecule is NN1CCCC(OC(=O)C(O)(c2ccccc2)c2ccccc2)C1. The van der Waals surface area contributed by atoms with Crippen molar-refractivity contribution in [3.63, 3.8) is 0 Å². The summed E-state index contributed by atoms with van der Waals surface area (Å²) in [4.78, 5) is 12.9. The molecule has 0 amide bonds. The lowest BCUT2D eigenvalue weighted by atomic mass is 9.86. The fraction of sp³-hybridized carbons (Fsp3) is 0.316. The molecule has 0 aromatic heterocycles.